The topological polar surface area (TPSA) is 58.6 Å². The van der Waals surface area contributed by atoms with Gasteiger partial charge in [-0.25, -0.2) is 0 Å². The van der Waals surface area contributed by atoms with E-state index >= 15 is 0 Å². The summed E-state index contributed by atoms with van der Waals surface area (Å²) in [7, 11) is 0. The Labute approximate surface area is 128 Å². The van der Waals surface area contributed by atoms with Crippen LogP contribution >= 0.6 is 23.2 Å². The average Bonchev–Trinajstić information content (AvgIpc) is 2.89. The number of aliphatic hydroxyl groups is 1. The minimum Gasteiger partial charge on any atom is -0.386 e. The lowest BCUT2D eigenvalue weighted by molar-refractivity contribution is -0.123. The number of nitrogens with one attached hydrogen (secondary N) is 1. The number of halogens is 2. The molecule has 2 rings (SSSR count). The van der Waals surface area contributed by atoms with Gasteiger partial charge in [0.05, 0.1) is 18.6 Å². The van der Waals surface area contributed by atoms with E-state index in [4.69, 9.17) is 27.9 Å². The summed E-state index contributed by atoms with van der Waals surface area (Å²) in [5.41, 5.74) is 0.438. The van der Waals surface area contributed by atoms with Gasteiger partial charge >= 0.3 is 0 Å². The van der Waals surface area contributed by atoms with Crippen LogP contribution in [0.1, 0.15) is 30.9 Å². The Hall–Kier alpha value is -0.810. The first kappa shape index (κ1) is 15.6. The van der Waals surface area contributed by atoms with Gasteiger partial charge in [-0.15, -0.1) is 0 Å². The van der Waals surface area contributed by atoms with Crippen molar-refractivity contribution in [3.8, 4) is 0 Å². The molecule has 1 fully saturated rings. The van der Waals surface area contributed by atoms with Gasteiger partial charge in [-0.05, 0) is 25.0 Å². The van der Waals surface area contributed by atoms with E-state index in [1.165, 1.54) is 0 Å². The van der Waals surface area contributed by atoms with Crippen LogP contribution in [0.5, 0.6) is 0 Å². The Morgan fingerprint density at radius 3 is 2.75 bits per heavy atom. The number of ether oxygens (including phenoxy) is 1. The molecule has 1 aromatic carbocycles. The summed E-state index contributed by atoms with van der Waals surface area (Å²) in [6, 6.07) is 5.01. The fourth-order valence-corrected chi connectivity index (χ4v) is 2.88. The highest BCUT2D eigenvalue weighted by atomic mass is 35.5. The van der Waals surface area contributed by atoms with Gasteiger partial charge in [0.25, 0.3) is 0 Å². The maximum absolute atomic E-state index is 11.7. The summed E-state index contributed by atoms with van der Waals surface area (Å²) in [6.45, 7) is 0.796. The van der Waals surface area contributed by atoms with Crippen LogP contribution in [-0.4, -0.2) is 30.3 Å². The van der Waals surface area contributed by atoms with Crippen molar-refractivity contribution in [1.82, 2.24) is 5.32 Å². The molecule has 1 heterocycles. The lowest BCUT2D eigenvalue weighted by Gasteiger charge is -2.16. The zero-order valence-electron chi connectivity index (χ0n) is 10.9. The van der Waals surface area contributed by atoms with Crippen LogP contribution < -0.4 is 5.32 Å². The van der Waals surface area contributed by atoms with E-state index in [0.717, 1.165) is 19.4 Å². The Balaban J connectivity index is 1.85. The van der Waals surface area contributed by atoms with Crippen molar-refractivity contribution in [2.24, 2.45) is 0 Å². The fourth-order valence-electron chi connectivity index (χ4n) is 2.23. The zero-order valence-corrected chi connectivity index (χ0v) is 12.5. The highest BCUT2D eigenvalue weighted by Crippen LogP contribution is 2.29. The third kappa shape index (κ3) is 4.09. The quantitative estimate of drug-likeness (QED) is 0.877. The Bertz CT molecular complexity index is 455. The van der Waals surface area contributed by atoms with Gasteiger partial charge in [0.1, 0.15) is 0 Å². The lowest BCUT2D eigenvalue weighted by atomic mass is 10.1. The molecule has 2 N–H and O–H groups in total. The first-order valence-electron chi connectivity index (χ1n) is 6.58. The molecule has 0 aliphatic carbocycles. The molecular weight excluding hydrogens is 301 g/mol. The maximum Gasteiger partial charge on any atom is 0.222 e. The highest BCUT2D eigenvalue weighted by molar-refractivity contribution is 6.36. The second kappa shape index (κ2) is 7.27. The van der Waals surface area contributed by atoms with E-state index in [1.807, 2.05) is 0 Å². The molecule has 1 aromatic rings. The first-order chi connectivity index (χ1) is 9.58. The molecule has 20 heavy (non-hydrogen) atoms. The minimum absolute atomic E-state index is 0.00366. The third-order valence-corrected chi connectivity index (χ3v) is 3.92. The Morgan fingerprint density at radius 2 is 2.15 bits per heavy atom. The second-order valence-electron chi connectivity index (χ2n) is 4.79. The number of aliphatic hydroxyl groups excluding tert-OH is 1. The molecule has 0 aromatic heterocycles. The van der Waals surface area contributed by atoms with Crippen molar-refractivity contribution in [3.05, 3.63) is 33.8 Å². The van der Waals surface area contributed by atoms with Crippen molar-refractivity contribution in [1.29, 1.82) is 0 Å². The van der Waals surface area contributed by atoms with Gasteiger partial charge in [-0.2, -0.15) is 0 Å². The molecule has 0 spiro atoms. The summed E-state index contributed by atoms with van der Waals surface area (Å²) in [6.07, 6.45) is 1.30. The predicted octanol–water partition coefficient (Wildman–Crippen LogP) is 2.71. The molecule has 6 heteroatoms. The summed E-state index contributed by atoms with van der Waals surface area (Å²) in [4.78, 5) is 11.7. The zero-order chi connectivity index (χ0) is 14.5. The molecular formula is C14H17Cl2NO3. The second-order valence-corrected chi connectivity index (χ2v) is 5.61. The Morgan fingerprint density at radius 1 is 1.45 bits per heavy atom. The normalized spacial score (nSPS) is 19.9. The molecule has 0 saturated carbocycles. The molecule has 1 aliphatic heterocycles. The summed E-state index contributed by atoms with van der Waals surface area (Å²) >= 11 is 12.0. The van der Waals surface area contributed by atoms with Gasteiger partial charge in [-0.1, -0.05) is 29.3 Å². The van der Waals surface area contributed by atoms with E-state index in [-0.39, 0.29) is 18.6 Å². The van der Waals surface area contributed by atoms with Crippen molar-refractivity contribution in [2.75, 3.05) is 13.2 Å². The molecule has 1 saturated heterocycles. The number of rotatable bonds is 5. The smallest absolute Gasteiger partial charge is 0.222 e. The first-order valence-corrected chi connectivity index (χ1v) is 7.34. The highest BCUT2D eigenvalue weighted by Gasteiger charge is 2.20. The van der Waals surface area contributed by atoms with Gasteiger partial charge in [0.15, 0.2) is 0 Å². The summed E-state index contributed by atoms with van der Waals surface area (Å²) < 4.78 is 5.39. The monoisotopic (exact) mass is 317 g/mol. The van der Waals surface area contributed by atoms with Crippen LogP contribution in [0.15, 0.2) is 18.2 Å². The van der Waals surface area contributed by atoms with Gasteiger partial charge in [-0.3, -0.25) is 4.79 Å². The molecule has 0 unspecified atom stereocenters. The van der Waals surface area contributed by atoms with Crippen molar-refractivity contribution in [2.45, 2.75) is 31.5 Å². The standard InChI is InChI=1S/C14H17Cl2NO3/c15-10-4-1-5-11(16)14(10)12(18)8-17-13(19)7-9-3-2-6-20-9/h1,4-5,9,12,18H,2-3,6-8H2,(H,17,19)/t9-,12-/m1/s1. The van der Waals surface area contributed by atoms with E-state index in [0.29, 0.717) is 22.0 Å². The van der Waals surface area contributed by atoms with E-state index in [9.17, 15) is 9.90 Å². The molecule has 0 bridgehead atoms. The van der Waals surface area contributed by atoms with Crippen molar-refractivity contribution >= 4 is 29.1 Å². The lowest BCUT2D eigenvalue weighted by Crippen LogP contribution is -2.31. The SMILES string of the molecule is O=C(C[C@H]1CCCO1)NC[C@@H](O)c1c(Cl)cccc1Cl. The predicted molar refractivity (Wildman–Crippen MR) is 78.0 cm³/mol. The van der Waals surface area contributed by atoms with Crippen LogP contribution in [0, 0.1) is 0 Å². The van der Waals surface area contributed by atoms with E-state index in [2.05, 4.69) is 5.32 Å². The van der Waals surface area contributed by atoms with Crippen molar-refractivity contribution < 1.29 is 14.6 Å². The molecule has 4 nitrogen and oxygen atoms in total. The minimum atomic E-state index is -0.926. The van der Waals surface area contributed by atoms with Crippen LogP contribution in [-0.2, 0) is 9.53 Å². The van der Waals surface area contributed by atoms with E-state index < -0.39 is 6.10 Å². The van der Waals surface area contributed by atoms with Gasteiger partial charge < -0.3 is 15.2 Å². The van der Waals surface area contributed by atoms with E-state index in [1.54, 1.807) is 18.2 Å². The number of carbonyl (C=O) groups excluding carboxylic acids is 1. The van der Waals surface area contributed by atoms with Gasteiger partial charge in [0, 0.05) is 28.8 Å². The van der Waals surface area contributed by atoms with Crippen LogP contribution in [0.2, 0.25) is 10.0 Å². The summed E-state index contributed by atoms with van der Waals surface area (Å²) in [5, 5.41) is 13.5. The maximum atomic E-state index is 11.7. The summed E-state index contributed by atoms with van der Waals surface area (Å²) in [5.74, 6) is -0.140. The van der Waals surface area contributed by atoms with Crippen LogP contribution in [0.4, 0.5) is 0 Å². The van der Waals surface area contributed by atoms with Gasteiger partial charge in [0.2, 0.25) is 5.91 Å². The molecule has 0 radical (unpaired) electrons. The largest absolute Gasteiger partial charge is 0.386 e. The Kier molecular flexibility index (Phi) is 5.66. The van der Waals surface area contributed by atoms with Crippen LogP contribution in [0.25, 0.3) is 0 Å². The number of hydrogen-bond donors (Lipinski definition) is 2. The molecule has 1 amide bonds. The number of amides is 1. The fraction of sp³-hybridized carbons (Fsp3) is 0.500. The molecule has 110 valence electrons. The van der Waals surface area contributed by atoms with Crippen molar-refractivity contribution in [3.63, 3.8) is 0 Å². The van der Waals surface area contributed by atoms with Crippen LogP contribution in [0.3, 0.4) is 0 Å². The third-order valence-electron chi connectivity index (χ3n) is 3.26. The number of hydrogen-bond acceptors (Lipinski definition) is 3. The number of benzene rings is 1. The molecule has 2 atom stereocenters. The number of carbonyl (C=O) groups is 1. The average molecular weight is 318 g/mol. The molecule has 1 aliphatic rings.